The van der Waals surface area contributed by atoms with Crippen molar-refractivity contribution in [2.75, 3.05) is 36.2 Å². The van der Waals surface area contributed by atoms with Crippen LogP contribution in [0.15, 0.2) is 146 Å². The molecule has 0 aliphatic rings. The molecule has 0 spiro atoms. The fraction of sp³-hybridized carbons (Fsp3) is 0.143. The van der Waals surface area contributed by atoms with Gasteiger partial charge < -0.3 is 29.5 Å². The summed E-state index contributed by atoms with van der Waals surface area (Å²) < 4.78 is 11.2. The van der Waals surface area contributed by atoms with Crippen molar-refractivity contribution in [3.63, 3.8) is 0 Å². The first-order valence-electron chi connectivity index (χ1n) is 16.1. The SMILES string of the molecule is Cc1cc(N(c2ccccc2)c2ccc(OCCO)cc2)ccc1-c1ccc(N(c2ccccc2)c2ccc(OCCO)cc2)cc1C. The van der Waals surface area contributed by atoms with E-state index in [0.29, 0.717) is 0 Å². The number of para-hydroxylation sites is 2. The van der Waals surface area contributed by atoms with Crippen LogP contribution < -0.4 is 19.3 Å². The van der Waals surface area contributed by atoms with E-state index in [2.05, 4.69) is 84.3 Å². The van der Waals surface area contributed by atoms with E-state index < -0.39 is 0 Å². The molecule has 0 unspecified atom stereocenters. The van der Waals surface area contributed by atoms with Crippen molar-refractivity contribution < 1.29 is 19.7 Å². The Morgan fingerprint density at radius 2 is 0.750 bits per heavy atom. The predicted molar refractivity (Wildman–Crippen MR) is 196 cm³/mol. The van der Waals surface area contributed by atoms with Gasteiger partial charge in [-0.05, 0) is 133 Å². The normalized spacial score (nSPS) is 10.8. The molecule has 6 aromatic rings. The lowest BCUT2D eigenvalue weighted by molar-refractivity contribution is 0.201. The quantitative estimate of drug-likeness (QED) is 0.132. The van der Waals surface area contributed by atoms with Gasteiger partial charge in [-0.2, -0.15) is 0 Å². The molecule has 0 bridgehead atoms. The zero-order valence-corrected chi connectivity index (χ0v) is 27.3. The predicted octanol–water partition coefficient (Wildman–Crippen LogP) is 9.65. The molecule has 6 aromatic carbocycles. The summed E-state index contributed by atoms with van der Waals surface area (Å²) in [6.45, 7) is 4.82. The second-order valence-electron chi connectivity index (χ2n) is 11.5. The van der Waals surface area contributed by atoms with E-state index in [9.17, 15) is 0 Å². The molecule has 0 fully saturated rings. The van der Waals surface area contributed by atoms with Crippen LogP contribution in [0.5, 0.6) is 11.5 Å². The van der Waals surface area contributed by atoms with E-state index in [1.165, 1.54) is 22.3 Å². The van der Waals surface area contributed by atoms with Crippen molar-refractivity contribution in [2.45, 2.75) is 13.8 Å². The summed E-state index contributed by atoms with van der Waals surface area (Å²) in [6.07, 6.45) is 0. The smallest absolute Gasteiger partial charge is 0.119 e. The molecule has 242 valence electrons. The number of ether oxygens (including phenoxy) is 2. The van der Waals surface area contributed by atoms with Gasteiger partial charge >= 0.3 is 0 Å². The summed E-state index contributed by atoms with van der Waals surface area (Å²) in [7, 11) is 0. The van der Waals surface area contributed by atoms with E-state index >= 15 is 0 Å². The summed E-state index contributed by atoms with van der Waals surface area (Å²) in [6, 6.07) is 49.8. The molecule has 0 radical (unpaired) electrons. The molecule has 0 heterocycles. The van der Waals surface area contributed by atoms with Crippen LogP contribution >= 0.6 is 0 Å². The second-order valence-corrected chi connectivity index (χ2v) is 11.5. The summed E-state index contributed by atoms with van der Waals surface area (Å²) in [5.74, 6) is 1.45. The molecular formula is C42H40N2O4. The van der Waals surface area contributed by atoms with E-state index in [4.69, 9.17) is 19.7 Å². The standard InChI is InChI=1S/C42H40N2O4/c1-31-29-37(43(33-9-5-3-6-10-33)35-13-19-39(20-14-35)47-27-25-45)17-23-41(31)42-24-18-38(30-32(42)2)44(34-11-7-4-8-12-34)36-15-21-40(22-16-36)48-28-26-46/h3-24,29-30,45-46H,25-28H2,1-2H3. The molecule has 0 aliphatic heterocycles. The highest BCUT2D eigenvalue weighted by Gasteiger charge is 2.17. The molecule has 0 amide bonds. The lowest BCUT2D eigenvalue weighted by Gasteiger charge is -2.27. The van der Waals surface area contributed by atoms with Gasteiger partial charge in [0.25, 0.3) is 0 Å². The fourth-order valence-electron chi connectivity index (χ4n) is 5.94. The number of hydrogen-bond donors (Lipinski definition) is 2. The molecule has 0 atom stereocenters. The van der Waals surface area contributed by atoms with Crippen LogP contribution in [0.3, 0.4) is 0 Å². The van der Waals surface area contributed by atoms with Crippen LogP contribution in [-0.2, 0) is 0 Å². The maximum atomic E-state index is 9.13. The van der Waals surface area contributed by atoms with Gasteiger partial charge in [0.2, 0.25) is 0 Å². The number of aliphatic hydroxyl groups excluding tert-OH is 2. The van der Waals surface area contributed by atoms with Crippen LogP contribution in [0.4, 0.5) is 34.1 Å². The third-order valence-electron chi connectivity index (χ3n) is 8.17. The van der Waals surface area contributed by atoms with Gasteiger partial charge in [-0.25, -0.2) is 0 Å². The molecular weight excluding hydrogens is 596 g/mol. The maximum absolute atomic E-state index is 9.13. The summed E-state index contributed by atoms with van der Waals surface area (Å²) in [5, 5.41) is 18.3. The van der Waals surface area contributed by atoms with Gasteiger partial charge in [0.15, 0.2) is 0 Å². The maximum Gasteiger partial charge on any atom is 0.119 e. The van der Waals surface area contributed by atoms with Crippen LogP contribution in [0.25, 0.3) is 11.1 Å². The zero-order chi connectivity index (χ0) is 33.3. The topological polar surface area (TPSA) is 65.4 Å². The number of anilines is 6. The van der Waals surface area contributed by atoms with Crippen LogP contribution in [-0.4, -0.2) is 36.6 Å². The Morgan fingerprint density at radius 1 is 0.417 bits per heavy atom. The Balaban J connectivity index is 1.33. The number of rotatable bonds is 13. The Labute approximate surface area is 282 Å². The summed E-state index contributed by atoms with van der Waals surface area (Å²) in [4.78, 5) is 4.47. The lowest BCUT2D eigenvalue weighted by Crippen LogP contribution is -2.11. The number of hydrogen-bond acceptors (Lipinski definition) is 6. The first-order valence-corrected chi connectivity index (χ1v) is 16.1. The molecule has 6 rings (SSSR count). The van der Waals surface area contributed by atoms with Gasteiger partial charge in [-0.3, -0.25) is 0 Å². The average Bonchev–Trinajstić information content (AvgIpc) is 3.12. The van der Waals surface area contributed by atoms with Gasteiger partial charge in [0.1, 0.15) is 24.7 Å². The zero-order valence-electron chi connectivity index (χ0n) is 27.3. The van der Waals surface area contributed by atoms with E-state index in [-0.39, 0.29) is 26.4 Å². The second kappa shape index (κ2) is 15.4. The molecule has 0 aromatic heterocycles. The average molecular weight is 637 g/mol. The van der Waals surface area contributed by atoms with Gasteiger partial charge in [0.05, 0.1) is 13.2 Å². The van der Waals surface area contributed by atoms with Gasteiger partial charge in [-0.15, -0.1) is 0 Å². The molecule has 0 saturated carbocycles. The third kappa shape index (κ3) is 7.36. The van der Waals surface area contributed by atoms with Crippen molar-refractivity contribution in [1.82, 2.24) is 0 Å². The number of benzene rings is 6. The minimum absolute atomic E-state index is 0.0205. The summed E-state index contributed by atoms with van der Waals surface area (Å²) >= 11 is 0. The van der Waals surface area contributed by atoms with Gasteiger partial charge in [0, 0.05) is 34.1 Å². The third-order valence-corrected chi connectivity index (χ3v) is 8.17. The molecule has 0 saturated heterocycles. The number of aryl methyl sites for hydroxylation is 2. The summed E-state index contributed by atoms with van der Waals surface area (Å²) in [5.41, 5.74) is 11.0. The minimum Gasteiger partial charge on any atom is -0.491 e. The first-order chi connectivity index (χ1) is 23.6. The van der Waals surface area contributed by atoms with E-state index in [1.54, 1.807) is 0 Å². The molecule has 48 heavy (non-hydrogen) atoms. The first kappa shape index (κ1) is 32.4. The fourth-order valence-corrected chi connectivity index (χ4v) is 5.94. The van der Waals surface area contributed by atoms with Gasteiger partial charge in [-0.1, -0.05) is 48.5 Å². The highest BCUT2D eigenvalue weighted by Crippen LogP contribution is 2.40. The Morgan fingerprint density at radius 3 is 1.08 bits per heavy atom. The van der Waals surface area contributed by atoms with Crippen molar-refractivity contribution in [3.05, 3.63) is 157 Å². The van der Waals surface area contributed by atoms with Crippen molar-refractivity contribution in [1.29, 1.82) is 0 Å². The van der Waals surface area contributed by atoms with Crippen LogP contribution in [0.2, 0.25) is 0 Å². The van der Waals surface area contributed by atoms with Crippen molar-refractivity contribution in [2.24, 2.45) is 0 Å². The largest absolute Gasteiger partial charge is 0.491 e. The van der Waals surface area contributed by atoms with Crippen molar-refractivity contribution in [3.8, 4) is 22.6 Å². The van der Waals surface area contributed by atoms with E-state index in [1.807, 2.05) is 84.9 Å². The van der Waals surface area contributed by atoms with E-state index in [0.717, 1.165) is 45.6 Å². The lowest BCUT2D eigenvalue weighted by atomic mass is 9.95. The highest BCUT2D eigenvalue weighted by molar-refractivity contribution is 5.83. The molecule has 6 nitrogen and oxygen atoms in total. The highest BCUT2D eigenvalue weighted by atomic mass is 16.5. The number of nitrogens with zero attached hydrogens (tertiary/aromatic N) is 2. The Bertz CT molecular complexity index is 1770. The van der Waals surface area contributed by atoms with Crippen molar-refractivity contribution >= 4 is 34.1 Å². The Kier molecular flexibility index (Phi) is 10.4. The molecule has 0 aliphatic carbocycles. The monoisotopic (exact) mass is 636 g/mol. The van der Waals surface area contributed by atoms with Crippen LogP contribution in [0, 0.1) is 13.8 Å². The minimum atomic E-state index is -0.0205. The Hall–Kier alpha value is -5.56. The molecule has 2 N–H and O–H groups in total. The van der Waals surface area contributed by atoms with Crippen LogP contribution in [0.1, 0.15) is 11.1 Å². The number of aliphatic hydroxyl groups is 2. The molecule has 6 heteroatoms.